The van der Waals surface area contributed by atoms with Gasteiger partial charge in [-0.2, -0.15) is 5.26 Å². The smallest absolute Gasteiger partial charge is 0.327 e. The van der Waals surface area contributed by atoms with Gasteiger partial charge >= 0.3 is 12.0 Å². The van der Waals surface area contributed by atoms with E-state index in [1.54, 1.807) is 42.6 Å². The van der Waals surface area contributed by atoms with Crippen molar-refractivity contribution in [3.05, 3.63) is 53.7 Å². The maximum atomic E-state index is 12.5. The van der Waals surface area contributed by atoms with Crippen molar-refractivity contribution in [1.29, 1.82) is 5.26 Å². The summed E-state index contributed by atoms with van der Waals surface area (Å²) in [5, 5.41) is 20.8. The molecular formula is C19H20N4O4. The number of methoxy groups -OCH3 is 1. The van der Waals surface area contributed by atoms with Gasteiger partial charge in [0.15, 0.2) is 0 Å². The zero-order valence-electron chi connectivity index (χ0n) is 14.9. The predicted molar refractivity (Wildman–Crippen MR) is 99.2 cm³/mol. The Labute approximate surface area is 157 Å². The zero-order valence-corrected chi connectivity index (χ0v) is 14.9. The Morgan fingerprint density at radius 3 is 2.56 bits per heavy atom. The average molecular weight is 368 g/mol. The molecule has 0 aliphatic heterocycles. The van der Waals surface area contributed by atoms with E-state index in [1.807, 2.05) is 6.07 Å². The number of carbonyl (C=O) groups excluding carboxylic acids is 2. The highest BCUT2D eigenvalue weighted by molar-refractivity contribution is 6.01. The number of benzene rings is 1. The van der Waals surface area contributed by atoms with Crippen molar-refractivity contribution in [2.75, 3.05) is 30.5 Å². The molecule has 0 saturated carbocycles. The number of nitriles is 1. The summed E-state index contributed by atoms with van der Waals surface area (Å²) in [7, 11) is 1.34. The summed E-state index contributed by atoms with van der Waals surface area (Å²) in [6.07, 6.45) is 2.33. The second kappa shape index (κ2) is 9.89. The van der Waals surface area contributed by atoms with Crippen LogP contribution in [0.3, 0.4) is 0 Å². The molecule has 0 spiro atoms. The maximum Gasteiger partial charge on any atom is 0.327 e. The quantitative estimate of drug-likeness (QED) is 0.723. The van der Waals surface area contributed by atoms with Gasteiger partial charge in [0.25, 0.3) is 0 Å². The Morgan fingerprint density at radius 2 is 2.00 bits per heavy atom. The van der Waals surface area contributed by atoms with Crippen molar-refractivity contribution in [1.82, 2.24) is 4.98 Å². The van der Waals surface area contributed by atoms with Crippen LogP contribution in [0.15, 0.2) is 42.6 Å². The molecule has 0 saturated heterocycles. The highest BCUT2D eigenvalue weighted by Gasteiger charge is 2.16. The van der Waals surface area contributed by atoms with Gasteiger partial charge in [0, 0.05) is 18.3 Å². The van der Waals surface area contributed by atoms with E-state index in [-0.39, 0.29) is 25.5 Å². The van der Waals surface area contributed by atoms with Crippen LogP contribution in [-0.2, 0) is 16.0 Å². The molecule has 1 aromatic carbocycles. The molecule has 0 atom stereocenters. The number of nitrogens with one attached hydrogen (secondary N) is 1. The predicted octanol–water partition coefficient (Wildman–Crippen LogP) is 2.09. The monoisotopic (exact) mass is 368 g/mol. The number of urea groups is 1. The molecule has 0 fully saturated rings. The minimum Gasteiger partial charge on any atom is -0.469 e. The van der Waals surface area contributed by atoms with Crippen LogP contribution in [0.2, 0.25) is 0 Å². The van der Waals surface area contributed by atoms with E-state index in [2.05, 4.69) is 15.0 Å². The zero-order chi connectivity index (χ0) is 19.6. The summed E-state index contributed by atoms with van der Waals surface area (Å²) >= 11 is 0. The lowest BCUT2D eigenvalue weighted by atomic mass is 10.1. The number of hydrogen-bond donors (Lipinski definition) is 2. The van der Waals surface area contributed by atoms with Crippen LogP contribution in [0.1, 0.15) is 17.5 Å². The Morgan fingerprint density at radius 1 is 1.26 bits per heavy atom. The van der Waals surface area contributed by atoms with Crippen molar-refractivity contribution >= 4 is 23.5 Å². The summed E-state index contributed by atoms with van der Waals surface area (Å²) in [5.41, 5.74) is 1.88. The van der Waals surface area contributed by atoms with Crippen LogP contribution in [0.25, 0.3) is 0 Å². The van der Waals surface area contributed by atoms with Crippen molar-refractivity contribution in [2.24, 2.45) is 0 Å². The third-order valence-electron chi connectivity index (χ3n) is 3.78. The Kier molecular flexibility index (Phi) is 7.28. The molecular weight excluding hydrogens is 348 g/mol. The molecule has 2 rings (SSSR count). The van der Waals surface area contributed by atoms with Crippen LogP contribution in [0.4, 0.5) is 16.3 Å². The van der Waals surface area contributed by atoms with Crippen LogP contribution < -0.4 is 10.2 Å². The molecule has 0 radical (unpaired) electrons. The summed E-state index contributed by atoms with van der Waals surface area (Å²) in [4.78, 5) is 29.2. The van der Waals surface area contributed by atoms with Gasteiger partial charge in [-0.25, -0.2) is 9.78 Å². The fourth-order valence-corrected chi connectivity index (χ4v) is 2.34. The van der Waals surface area contributed by atoms with E-state index >= 15 is 0 Å². The van der Waals surface area contributed by atoms with Crippen molar-refractivity contribution in [3.63, 3.8) is 0 Å². The summed E-state index contributed by atoms with van der Waals surface area (Å²) in [6.45, 7) is -0.123. The van der Waals surface area contributed by atoms with E-state index in [0.29, 0.717) is 23.5 Å². The molecule has 1 aromatic heterocycles. The Bertz CT molecular complexity index is 813. The molecule has 0 aliphatic carbocycles. The number of anilines is 2. The lowest BCUT2D eigenvalue weighted by Crippen LogP contribution is -2.37. The first-order valence-corrected chi connectivity index (χ1v) is 8.28. The fraction of sp³-hybridized carbons (Fsp3) is 0.263. The highest BCUT2D eigenvalue weighted by atomic mass is 16.5. The van der Waals surface area contributed by atoms with Crippen molar-refractivity contribution in [2.45, 2.75) is 12.8 Å². The number of pyridine rings is 1. The highest BCUT2D eigenvalue weighted by Crippen LogP contribution is 2.17. The van der Waals surface area contributed by atoms with Crippen LogP contribution in [0.5, 0.6) is 0 Å². The molecule has 1 heterocycles. The van der Waals surface area contributed by atoms with Gasteiger partial charge in [-0.05, 0) is 42.3 Å². The number of nitrogens with zero attached hydrogens (tertiary/aromatic N) is 3. The summed E-state index contributed by atoms with van der Waals surface area (Å²) in [6, 6.07) is 11.4. The molecule has 8 heteroatoms. The second-order valence-electron chi connectivity index (χ2n) is 5.59. The van der Waals surface area contributed by atoms with E-state index in [1.165, 1.54) is 12.0 Å². The van der Waals surface area contributed by atoms with Gasteiger partial charge in [-0.1, -0.05) is 6.07 Å². The molecule has 0 unspecified atom stereocenters. The topological polar surface area (TPSA) is 116 Å². The van der Waals surface area contributed by atoms with Gasteiger partial charge in [0.05, 0.1) is 31.9 Å². The third kappa shape index (κ3) is 5.80. The summed E-state index contributed by atoms with van der Waals surface area (Å²) in [5.74, 6) is 0.0489. The summed E-state index contributed by atoms with van der Waals surface area (Å²) < 4.78 is 4.59. The van der Waals surface area contributed by atoms with Crippen LogP contribution in [-0.4, -0.2) is 42.4 Å². The number of amides is 2. The first-order valence-electron chi connectivity index (χ1n) is 8.28. The number of ether oxygens (including phenoxy) is 1. The minimum atomic E-state index is -0.455. The SMILES string of the molecule is COC(=O)CCc1ccc(NC(=O)N(CCO)c2ccc(C#N)cc2)nc1. The van der Waals surface area contributed by atoms with E-state index in [0.717, 1.165) is 5.56 Å². The van der Waals surface area contributed by atoms with Crippen molar-refractivity contribution < 1.29 is 19.4 Å². The number of aromatic nitrogens is 1. The molecule has 140 valence electrons. The molecule has 2 aromatic rings. The number of hydrogen-bond acceptors (Lipinski definition) is 6. The van der Waals surface area contributed by atoms with Crippen LogP contribution >= 0.6 is 0 Å². The number of aliphatic hydroxyl groups excluding tert-OH is 1. The third-order valence-corrected chi connectivity index (χ3v) is 3.78. The molecule has 0 bridgehead atoms. The number of rotatable bonds is 7. The van der Waals surface area contributed by atoms with Gasteiger partial charge in [0.1, 0.15) is 5.82 Å². The van der Waals surface area contributed by atoms with E-state index in [9.17, 15) is 14.7 Å². The standard InChI is InChI=1S/C19H20N4O4/c1-27-18(25)9-5-15-4-8-17(21-13-15)22-19(26)23(10-11-24)16-6-2-14(12-20)3-7-16/h2-4,6-8,13,24H,5,9-11H2,1H3,(H,21,22,26). The number of carbonyl (C=O) groups is 2. The molecule has 0 aliphatic rings. The fourth-order valence-electron chi connectivity index (χ4n) is 2.34. The lowest BCUT2D eigenvalue weighted by Gasteiger charge is -2.22. The van der Waals surface area contributed by atoms with E-state index < -0.39 is 6.03 Å². The number of aliphatic hydroxyl groups is 1. The normalized spacial score (nSPS) is 9.96. The van der Waals surface area contributed by atoms with Gasteiger partial charge in [0.2, 0.25) is 0 Å². The lowest BCUT2D eigenvalue weighted by molar-refractivity contribution is -0.140. The van der Waals surface area contributed by atoms with Crippen LogP contribution in [0, 0.1) is 11.3 Å². The molecule has 2 amide bonds. The van der Waals surface area contributed by atoms with Crippen molar-refractivity contribution in [3.8, 4) is 6.07 Å². The minimum absolute atomic E-state index is 0.0922. The van der Waals surface area contributed by atoms with Gasteiger partial charge in [-0.3, -0.25) is 15.0 Å². The average Bonchev–Trinajstić information content (AvgIpc) is 2.71. The Hall–Kier alpha value is -3.44. The Balaban J connectivity index is 2.03. The first-order chi connectivity index (χ1) is 13.1. The molecule has 8 nitrogen and oxygen atoms in total. The second-order valence-corrected chi connectivity index (χ2v) is 5.59. The van der Waals surface area contributed by atoms with Gasteiger partial charge in [-0.15, -0.1) is 0 Å². The molecule has 2 N–H and O–H groups in total. The molecule has 27 heavy (non-hydrogen) atoms. The number of aryl methyl sites for hydroxylation is 1. The first kappa shape index (κ1) is 19.9. The maximum absolute atomic E-state index is 12.5. The number of esters is 1. The largest absolute Gasteiger partial charge is 0.469 e. The van der Waals surface area contributed by atoms with E-state index in [4.69, 9.17) is 5.26 Å². The van der Waals surface area contributed by atoms with Gasteiger partial charge < -0.3 is 9.84 Å².